The summed E-state index contributed by atoms with van der Waals surface area (Å²) in [4.78, 5) is 29.0. The maximum absolute atomic E-state index is 12.4. The van der Waals surface area contributed by atoms with Crippen LogP contribution in [0.15, 0.2) is 64.6 Å². The first-order valence-corrected chi connectivity index (χ1v) is 9.55. The summed E-state index contributed by atoms with van der Waals surface area (Å²) in [5, 5.41) is 9.93. The van der Waals surface area contributed by atoms with Crippen LogP contribution < -0.4 is 10.6 Å². The van der Waals surface area contributed by atoms with Gasteiger partial charge in [0.05, 0.1) is 23.9 Å². The van der Waals surface area contributed by atoms with E-state index >= 15 is 0 Å². The number of anilines is 2. The van der Waals surface area contributed by atoms with Gasteiger partial charge in [-0.15, -0.1) is 11.3 Å². The molecule has 0 aliphatic heterocycles. The summed E-state index contributed by atoms with van der Waals surface area (Å²) in [6.07, 6.45) is 1.59. The molecule has 140 valence electrons. The molecular weight excluding hydrogens is 374 g/mol. The number of aromatic nitrogens is 1. The number of rotatable bonds is 5. The predicted molar refractivity (Wildman–Crippen MR) is 110 cm³/mol. The summed E-state index contributed by atoms with van der Waals surface area (Å²) in [6, 6.07) is 15.3. The molecular formula is C21H17N3O3S. The Morgan fingerprint density at radius 1 is 1.07 bits per heavy atom. The summed E-state index contributed by atoms with van der Waals surface area (Å²) in [5.74, 6) is 0.0984. The molecule has 2 aromatic heterocycles. The lowest BCUT2D eigenvalue weighted by Crippen LogP contribution is -2.15. The Balaban J connectivity index is 1.41. The van der Waals surface area contributed by atoms with Gasteiger partial charge in [-0.3, -0.25) is 14.9 Å². The van der Waals surface area contributed by atoms with E-state index in [2.05, 4.69) is 15.6 Å². The van der Waals surface area contributed by atoms with Crippen LogP contribution >= 0.6 is 11.3 Å². The Labute approximate surface area is 165 Å². The first-order valence-electron chi connectivity index (χ1n) is 8.67. The van der Waals surface area contributed by atoms with E-state index in [0.717, 1.165) is 16.5 Å². The second-order valence-electron chi connectivity index (χ2n) is 6.24. The molecule has 0 aliphatic rings. The van der Waals surface area contributed by atoms with Gasteiger partial charge in [0.2, 0.25) is 5.91 Å². The molecule has 6 nitrogen and oxygen atoms in total. The number of carbonyl (C=O) groups is 2. The van der Waals surface area contributed by atoms with Crippen molar-refractivity contribution in [2.75, 3.05) is 10.6 Å². The van der Waals surface area contributed by atoms with Gasteiger partial charge in [-0.1, -0.05) is 36.4 Å². The molecule has 0 bridgehead atoms. The standard InChI is InChI=1S/C21H17N3O3S/c1-13-16(9-10-27-13)20(26)24-21-22-15(12-28-21)11-19(25)23-18-8-4-6-14-5-2-3-7-17(14)18/h2-10,12H,11H2,1H3,(H,23,25)(H,22,24,26). The number of aryl methyl sites for hydroxylation is 1. The second kappa shape index (κ2) is 7.66. The van der Waals surface area contributed by atoms with Crippen LogP contribution in [0.3, 0.4) is 0 Å². The zero-order chi connectivity index (χ0) is 19.5. The molecule has 0 saturated carbocycles. The molecule has 0 atom stereocenters. The highest BCUT2D eigenvalue weighted by Gasteiger charge is 2.14. The van der Waals surface area contributed by atoms with Crippen molar-refractivity contribution in [3.8, 4) is 0 Å². The third kappa shape index (κ3) is 3.79. The topological polar surface area (TPSA) is 84.2 Å². The number of nitrogens with zero attached hydrogens (tertiary/aromatic N) is 1. The Morgan fingerprint density at radius 2 is 1.89 bits per heavy atom. The van der Waals surface area contributed by atoms with Crippen molar-refractivity contribution in [2.45, 2.75) is 13.3 Å². The first kappa shape index (κ1) is 17.9. The molecule has 4 rings (SSSR count). The van der Waals surface area contributed by atoms with Gasteiger partial charge >= 0.3 is 0 Å². The lowest BCUT2D eigenvalue weighted by molar-refractivity contribution is -0.115. The second-order valence-corrected chi connectivity index (χ2v) is 7.10. The average molecular weight is 391 g/mol. The molecule has 0 radical (unpaired) electrons. The normalized spacial score (nSPS) is 10.8. The number of nitrogens with one attached hydrogen (secondary N) is 2. The number of hydrogen-bond donors (Lipinski definition) is 2. The summed E-state index contributed by atoms with van der Waals surface area (Å²) in [7, 11) is 0. The van der Waals surface area contributed by atoms with Crippen molar-refractivity contribution in [1.29, 1.82) is 0 Å². The number of amides is 2. The highest BCUT2D eigenvalue weighted by molar-refractivity contribution is 7.14. The Hall–Kier alpha value is -3.45. The molecule has 2 aromatic carbocycles. The van der Waals surface area contributed by atoms with Gasteiger partial charge in [0, 0.05) is 16.5 Å². The van der Waals surface area contributed by atoms with Crippen LogP contribution in [0.1, 0.15) is 21.8 Å². The van der Waals surface area contributed by atoms with Gasteiger partial charge in [-0.25, -0.2) is 4.98 Å². The number of fused-ring (bicyclic) bond motifs is 1. The van der Waals surface area contributed by atoms with E-state index in [4.69, 9.17) is 4.42 Å². The minimum Gasteiger partial charge on any atom is -0.469 e. The molecule has 7 heteroatoms. The Kier molecular flexibility index (Phi) is 4.90. The van der Waals surface area contributed by atoms with Crippen LogP contribution in [0, 0.1) is 6.92 Å². The maximum Gasteiger partial charge on any atom is 0.260 e. The molecule has 0 unspecified atom stereocenters. The molecule has 0 saturated heterocycles. The maximum atomic E-state index is 12.4. The van der Waals surface area contributed by atoms with Gasteiger partial charge < -0.3 is 9.73 Å². The monoisotopic (exact) mass is 391 g/mol. The van der Waals surface area contributed by atoms with E-state index in [9.17, 15) is 9.59 Å². The lowest BCUT2D eigenvalue weighted by Gasteiger charge is -2.08. The molecule has 4 aromatic rings. The van der Waals surface area contributed by atoms with Gasteiger partial charge in [0.1, 0.15) is 5.76 Å². The first-order chi connectivity index (χ1) is 13.6. The van der Waals surface area contributed by atoms with Crippen molar-refractivity contribution in [1.82, 2.24) is 4.98 Å². The number of benzene rings is 2. The molecule has 0 aliphatic carbocycles. The van der Waals surface area contributed by atoms with Crippen LogP contribution in [0.2, 0.25) is 0 Å². The van der Waals surface area contributed by atoms with Crippen molar-refractivity contribution < 1.29 is 14.0 Å². The molecule has 2 N–H and O–H groups in total. The van der Waals surface area contributed by atoms with E-state index in [0.29, 0.717) is 22.1 Å². The SMILES string of the molecule is Cc1occc1C(=O)Nc1nc(CC(=O)Nc2cccc3ccccc23)cs1. The molecule has 2 heterocycles. The molecule has 0 spiro atoms. The van der Waals surface area contributed by atoms with Gasteiger partial charge in [0.15, 0.2) is 5.13 Å². The Bertz CT molecular complexity index is 1160. The van der Waals surface area contributed by atoms with E-state index in [1.807, 2.05) is 42.5 Å². The number of thiazole rings is 1. The van der Waals surface area contributed by atoms with Crippen LogP contribution in [0.25, 0.3) is 10.8 Å². The highest BCUT2D eigenvalue weighted by atomic mass is 32.1. The quantitative estimate of drug-likeness (QED) is 0.519. The largest absolute Gasteiger partial charge is 0.469 e. The van der Waals surface area contributed by atoms with E-state index in [1.54, 1.807) is 18.4 Å². The van der Waals surface area contributed by atoms with E-state index in [-0.39, 0.29) is 18.2 Å². The van der Waals surface area contributed by atoms with Crippen molar-refractivity contribution in [3.63, 3.8) is 0 Å². The van der Waals surface area contributed by atoms with E-state index < -0.39 is 0 Å². The van der Waals surface area contributed by atoms with Crippen LogP contribution in [0.5, 0.6) is 0 Å². The number of hydrogen-bond acceptors (Lipinski definition) is 5. The fraction of sp³-hybridized carbons (Fsp3) is 0.0952. The molecule has 0 fully saturated rings. The lowest BCUT2D eigenvalue weighted by atomic mass is 10.1. The summed E-state index contributed by atoms with van der Waals surface area (Å²) in [6.45, 7) is 1.72. The average Bonchev–Trinajstić information content (AvgIpc) is 3.30. The molecule has 2 amide bonds. The number of carbonyl (C=O) groups excluding carboxylic acids is 2. The van der Waals surface area contributed by atoms with Crippen molar-refractivity contribution in [2.24, 2.45) is 0 Å². The number of furan rings is 1. The van der Waals surface area contributed by atoms with Crippen molar-refractivity contribution >= 4 is 44.7 Å². The third-order valence-electron chi connectivity index (χ3n) is 4.28. The summed E-state index contributed by atoms with van der Waals surface area (Å²) in [5.41, 5.74) is 1.83. The molecule has 28 heavy (non-hydrogen) atoms. The smallest absolute Gasteiger partial charge is 0.260 e. The van der Waals surface area contributed by atoms with Gasteiger partial charge in [-0.2, -0.15) is 0 Å². The van der Waals surface area contributed by atoms with Crippen LogP contribution in [0.4, 0.5) is 10.8 Å². The van der Waals surface area contributed by atoms with Crippen LogP contribution in [-0.2, 0) is 11.2 Å². The van der Waals surface area contributed by atoms with E-state index in [1.165, 1.54) is 17.6 Å². The minimum absolute atomic E-state index is 0.125. The minimum atomic E-state index is -0.285. The zero-order valence-electron chi connectivity index (χ0n) is 15.1. The van der Waals surface area contributed by atoms with Gasteiger partial charge in [0.25, 0.3) is 5.91 Å². The summed E-state index contributed by atoms with van der Waals surface area (Å²) >= 11 is 1.28. The van der Waals surface area contributed by atoms with Crippen LogP contribution in [-0.4, -0.2) is 16.8 Å². The third-order valence-corrected chi connectivity index (χ3v) is 5.09. The zero-order valence-corrected chi connectivity index (χ0v) is 15.9. The Morgan fingerprint density at radius 3 is 2.71 bits per heavy atom. The summed E-state index contributed by atoms with van der Waals surface area (Å²) < 4.78 is 5.14. The predicted octanol–water partition coefficient (Wildman–Crippen LogP) is 4.63. The van der Waals surface area contributed by atoms with Crippen molar-refractivity contribution in [3.05, 3.63) is 77.2 Å². The van der Waals surface area contributed by atoms with Gasteiger partial charge in [-0.05, 0) is 24.4 Å². The highest BCUT2D eigenvalue weighted by Crippen LogP contribution is 2.23. The fourth-order valence-corrected chi connectivity index (χ4v) is 3.63. The fourth-order valence-electron chi connectivity index (χ4n) is 2.92.